The van der Waals surface area contributed by atoms with Gasteiger partial charge in [-0.15, -0.1) is 24.0 Å². The Hall–Kier alpha value is -0.730. The molecule has 1 aliphatic carbocycles. The molecule has 0 aliphatic heterocycles. The average Bonchev–Trinajstić information content (AvgIpc) is 3.27. The summed E-state index contributed by atoms with van der Waals surface area (Å²) in [6, 6.07) is 5.37. The predicted molar refractivity (Wildman–Crippen MR) is 102 cm³/mol. The lowest BCUT2D eigenvalue weighted by atomic mass is 10.3. The number of guanidine groups is 1. The number of hydrogen-bond acceptors (Lipinski definition) is 3. The molecule has 2 rings (SSSR count). The fourth-order valence-corrected chi connectivity index (χ4v) is 2.09. The van der Waals surface area contributed by atoms with Crippen LogP contribution in [0.5, 0.6) is 5.75 Å². The number of benzene rings is 1. The van der Waals surface area contributed by atoms with E-state index < -0.39 is 0 Å². The van der Waals surface area contributed by atoms with Crippen LogP contribution in [0.1, 0.15) is 19.3 Å². The highest BCUT2D eigenvalue weighted by atomic mass is 127. The molecule has 7 heteroatoms. The molecule has 3 N–H and O–H groups in total. The summed E-state index contributed by atoms with van der Waals surface area (Å²) in [5, 5.41) is 3.53. The number of aliphatic imine (C=N–C) groups is 1. The molecule has 0 spiro atoms. The highest BCUT2D eigenvalue weighted by Gasteiger charge is 2.20. The van der Waals surface area contributed by atoms with E-state index in [-0.39, 0.29) is 24.0 Å². The molecule has 1 aromatic carbocycles. The Bertz CT molecular complexity index is 496. The molecule has 0 saturated heterocycles. The van der Waals surface area contributed by atoms with E-state index in [9.17, 15) is 0 Å². The minimum absolute atomic E-state index is 0. The first kappa shape index (κ1) is 19.3. The zero-order chi connectivity index (χ0) is 15.1. The van der Waals surface area contributed by atoms with E-state index in [1.54, 1.807) is 19.2 Å². The molecule has 1 fully saturated rings. The second kappa shape index (κ2) is 10.1. The quantitative estimate of drug-likeness (QED) is 0.281. The number of ether oxygens (including phenoxy) is 2. The van der Waals surface area contributed by atoms with Crippen molar-refractivity contribution in [1.82, 2.24) is 0 Å². The van der Waals surface area contributed by atoms with Gasteiger partial charge in [0.15, 0.2) is 5.96 Å². The van der Waals surface area contributed by atoms with Crippen LogP contribution < -0.4 is 15.8 Å². The maximum absolute atomic E-state index is 6.04. The van der Waals surface area contributed by atoms with E-state index >= 15 is 0 Å². The van der Waals surface area contributed by atoms with Gasteiger partial charge in [0.1, 0.15) is 5.75 Å². The molecule has 1 aliphatic rings. The molecular weight excluding hydrogens is 417 g/mol. The maximum Gasteiger partial charge on any atom is 0.193 e. The zero-order valence-corrected chi connectivity index (χ0v) is 15.8. The lowest BCUT2D eigenvalue weighted by Gasteiger charge is -2.08. The van der Waals surface area contributed by atoms with E-state index in [4.69, 9.17) is 26.8 Å². The SMILES string of the molecule is COc1ccc(NC(N)=NCCCOCC2CC2)cc1Cl.I. The number of halogens is 2. The van der Waals surface area contributed by atoms with E-state index in [0.717, 1.165) is 31.2 Å². The van der Waals surface area contributed by atoms with Crippen LogP contribution in [0.4, 0.5) is 5.69 Å². The van der Waals surface area contributed by atoms with Crippen LogP contribution >= 0.6 is 35.6 Å². The van der Waals surface area contributed by atoms with Gasteiger partial charge in [-0.2, -0.15) is 0 Å². The van der Waals surface area contributed by atoms with E-state index in [2.05, 4.69) is 10.3 Å². The third kappa shape index (κ3) is 7.02. The molecular formula is C15H23ClIN3O2. The molecule has 0 unspecified atom stereocenters. The third-order valence-corrected chi connectivity index (χ3v) is 3.50. The minimum Gasteiger partial charge on any atom is -0.495 e. The van der Waals surface area contributed by atoms with Crippen molar-refractivity contribution in [3.8, 4) is 5.75 Å². The van der Waals surface area contributed by atoms with Crippen molar-refractivity contribution in [2.24, 2.45) is 16.6 Å². The largest absolute Gasteiger partial charge is 0.495 e. The molecule has 0 radical (unpaired) electrons. The van der Waals surface area contributed by atoms with Crippen molar-refractivity contribution in [3.63, 3.8) is 0 Å². The molecule has 1 saturated carbocycles. The smallest absolute Gasteiger partial charge is 0.193 e. The summed E-state index contributed by atoms with van der Waals surface area (Å²) >= 11 is 6.04. The van der Waals surface area contributed by atoms with Crippen LogP contribution in [0.25, 0.3) is 0 Å². The van der Waals surface area contributed by atoms with Crippen LogP contribution in [-0.2, 0) is 4.74 Å². The Morgan fingerprint density at radius 2 is 2.23 bits per heavy atom. The summed E-state index contributed by atoms with van der Waals surface area (Å²) in [5.74, 6) is 1.81. The third-order valence-electron chi connectivity index (χ3n) is 3.20. The van der Waals surface area contributed by atoms with Crippen LogP contribution in [0.15, 0.2) is 23.2 Å². The summed E-state index contributed by atoms with van der Waals surface area (Å²) in [6.07, 6.45) is 3.51. The molecule has 22 heavy (non-hydrogen) atoms. The number of methoxy groups -OCH3 is 1. The van der Waals surface area contributed by atoms with Gasteiger partial charge in [-0.3, -0.25) is 4.99 Å². The number of anilines is 1. The number of hydrogen-bond donors (Lipinski definition) is 2. The summed E-state index contributed by atoms with van der Waals surface area (Å²) in [7, 11) is 1.58. The van der Waals surface area contributed by atoms with Crippen molar-refractivity contribution in [3.05, 3.63) is 23.2 Å². The van der Waals surface area contributed by atoms with Crippen LogP contribution in [0.2, 0.25) is 5.02 Å². The minimum atomic E-state index is 0. The summed E-state index contributed by atoms with van der Waals surface area (Å²) in [5.41, 5.74) is 6.61. The first-order valence-corrected chi connectivity index (χ1v) is 7.55. The van der Waals surface area contributed by atoms with Gasteiger partial charge in [0.25, 0.3) is 0 Å². The summed E-state index contributed by atoms with van der Waals surface area (Å²) < 4.78 is 10.6. The van der Waals surface area contributed by atoms with Crippen molar-refractivity contribution < 1.29 is 9.47 Å². The van der Waals surface area contributed by atoms with Gasteiger partial charge in [-0.1, -0.05) is 11.6 Å². The highest BCUT2D eigenvalue weighted by molar-refractivity contribution is 14.0. The second-order valence-electron chi connectivity index (χ2n) is 5.11. The number of rotatable bonds is 8. The second-order valence-corrected chi connectivity index (χ2v) is 5.52. The van der Waals surface area contributed by atoms with Gasteiger partial charge in [0.05, 0.1) is 12.1 Å². The van der Waals surface area contributed by atoms with E-state index in [0.29, 0.717) is 23.3 Å². The molecule has 0 atom stereocenters. The Labute approximate surface area is 153 Å². The van der Waals surface area contributed by atoms with Crippen molar-refractivity contribution in [1.29, 1.82) is 0 Å². The molecule has 124 valence electrons. The average molecular weight is 440 g/mol. The lowest BCUT2D eigenvalue weighted by molar-refractivity contribution is 0.123. The maximum atomic E-state index is 6.04. The lowest BCUT2D eigenvalue weighted by Crippen LogP contribution is -2.23. The monoisotopic (exact) mass is 439 g/mol. The van der Waals surface area contributed by atoms with Gasteiger partial charge in [0, 0.05) is 25.4 Å². The molecule has 0 amide bonds. The summed E-state index contributed by atoms with van der Waals surface area (Å²) in [6.45, 7) is 2.27. The van der Waals surface area contributed by atoms with Gasteiger partial charge in [-0.25, -0.2) is 0 Å². The fraction of sp³-hybridized carbons (Fsp3) is 0.533. The molecule has 0 bridgehead atoms. The Morgan fingerprint density at radius 1 is 1.45 bits per heavy atom. The zero-order valence-electron chi connectivity index (χ0n) is 12.7. The predicted octanol–water partition coefficient (Wildman–Crippen LogP) is 3.51. The van der Waals surface area contributed by atoms with Crippen molar-refractivity contribution >= 4 is 47.2 Å². The Balaban J connectivity index is 0.00000242. The normalized spacial score (nSPS) is 14.4. The van der Waals surface area contributed by atoms with Crippen molar-refractivity contribution in [2.45, 2.75) is 19.3 Å². The number of nitrogens with zero attached hydrogens (tertiary/aromatic N) is 1. The van der Waals surface area contributed by atoms with Crippen LogP contribution in [0.3, 0.4) is 0 Å². The van der Waals surface area contributed by atoms with Gasteiger partial charge >= 0.3 is 0 Å². The van der Waals surface area contributed by atoms with Gasteiger partial charge in [-0.05, 0) is 43.4 Å². The number of nitrogens with two attached hydrogens (primary N) is 1. The van der Waals surface area contributed by atoms with E-state index in [1.807, 2.05) is 6.07 Å². The van der Waals surface area contributed by atoms with Crippen LogP contribution in [-0.4, -0.2) is 32.8 Å². The molecule has 0 heterocycles. The van der Waals surface area contributed by atoms with Crippen molar-refractivity contribution in [2.75, 3.05) is 32.2 Å². The topological polar surface area (TPSA) is 68.9 Å². The summed E-state index contributed by atoms with van der Waals surface area (Å²) in [4.78, 5) is 4.25. The standard InChI is InChI=1S/C15H22ClN3O2.HI/c1-20-14-6-5-12(9-13(14)16)19-15(17)18-7-2-8-21-10-11-3-4-11;/h5-6,9,11H,2-4,7-8,10H2,1H3,(H3,17,18,19);1H. The van der Waals surface area contributed by atoms with Gasteiger partial charge < -0.3 is 20.5 Å². The van der Waals surface area contributed by atoms with Crippen LogP contribution in [0, 0.1) is 5.92 Å². The first-order valence-electron chi connectivity index (χ1n) is 7.17. The molecule has 5 nitrogen and oxygen atoms in total. The Kier molecular flexibility index (Phi) is 8.89. The Morgan fingerprint density at radius 3 is 2.86 bits per heavy atom. The van der Waals surface area contributed by atoms with Gasteiger partial charge in [0.2, 0.25) is 0 Å². The van der Waals surface area contributed by atoms with E-state index in [1.165, 1.54) is 12.8 Å². The fourth-order valence-electron chi connectivity index (χ4n) is 1.83. The number of nitrogens with one attached hydrogen (secondary N) is 1. The highest BCUT2D eigenvalue weighted by Crippen LogP contribution is 2.28. The molecule has 1 aromatic rings. The molecule has 0 aromatic heterocycles. The first-order chi connectivity index (χ1) is 10.2.